The molecule has 3 heterocycles. The normalized spacial score (nSPS) is 19.4. The number of nitrogens with two attached hydrogens (primary N) is 2. The molecule has 4 N–H and O–H groups in total. The van der Waals surface area contributed by atoms with E-state index in [-0.39, 0.29) is 29.0 Å². The highest BCUT2D eigenvalue weighted by molar-refractivity contribution is 7.22. The molecule has 1 saturated carbocycles. The van der Waals surface area contributed by atoms with Gasteiger partial charge in [0.1, 0.15) is 11.3 Å². The van der Waals surface area contributed by atoms with E-state index in [9.17, 15) is 4.79 Å². The second kappa shape index (κ2) is 7.37. The van der Waals surface area contributed by atoms with E-state index in [1.165, 1.54) is 11.3 Å². The lowest BCUT2D eigenvalue weighted by molar-refractivity contribution is -0.140. The molecule has 0 aliphatic heterocycles. The zero-order valence-corrected chi connectivity index (χ0v) is 17.4. The van der Waals surface area contributed by atoms with Crippen molar-refractivity contribution in [2.75, 3.05) is 11.5 Å². The predicted octanol–water partition coefficient (Wildman–Crippen LogP) is 3.59. The summed E-state index contributed by atoms with van der Waals surface area (Å²) in [6, 6.07) is 5.53. The third-order valence-corrected chi connectivity index (χ3v) is 6.46. The number of carbonyl (C=O) groups excluding carboxylic acids is 1. The van der Waals surface area contributed by atoms with Crippen LogP contribution in [0.5, 0.6) is 5.75 Å². The van der Waals surface area contributed by atoms with Crippen molar-refractivity contribution < 1.29 is 9.53 Å². The standard InChI is InChI=1S/C19H18ClN7O2S/c20-18-25-15(21)14-16(26-18)27(8-23-14)10-3-1-9(2-4-10)17(28)29-11-5-6-12-13(7-11)30-19(22)24-12/h5-10H,1-4H2,(H2,22,24)(H2,21,25,26). The van der Waals surface area contributed by atoms with Gasteiger partial charge in [0.15, 0.2) is 16.6 Å². The minimum Gasteiger partial charge on any atom is -0.426 e. The number of hydrogen-bond donors (Lipinski definition) is 2. The predicted molar refractivity (Wildman–Crippen MR) is 115 cm³/mol. The third-order valence-electron chi connectivity index (χ3n) is 5.44. The van der Waals surface area contributed by atoms with Gasteiger partial charge in [-0.2, -0.15) is 9.97 Å². The number of aromatic nitrogens is 5. The Morgan fingerprint density at radius 3 is 2.77 bits per heavy atom. The number of imidazole rings is 1. The fourth-order valence-corrected chi connectivity index (χ4v) is 4.89. The molecule has 1 aliphatic rings. The van der Waals surface area contributed by atoms with Crippen molar-refractivity contribution in [2.45, 2.75) is 31.7 Å². The molecular formula is C19H18ClN7O2S. The van der Waals surface area contributed by atoms with Crippen LogP contribution < -0.4 is 16.2 Å². The number of nitrogen functional groups attached to an aromatic ring is 2. The topological polar surface area (TPSA) is 135 Å². The first-order valence-electron chi connectivity index (χ1n) is 9.51. The lowest BCUT2D eigenvalue weighted by atomic mass is 9.86. The van der Waals surface area contributed by atoms with E-state index in [4.69, 9.17) is 27.8 Å². The van der Waals surface area contributed by atoms with E-state index in [1.54, 1.807) is 18.5 Å². The van der Waals surface area contributed by atoms with Crippen LogP contribution in [0.15, 0.2) is 24.5 Å². The second-order valence-corrected chi connectivity index (χ2v) is 8.71. The van der Waals surface area contributed by atoms with Gasteiger partial charge in [0.25, 0.3) is 0 Å². The van der Waals surface area contributed by atoms with Gasteiger partial charge >= 0.3 is 5.97 Å². The van der Waals surface area contributed by atoms with E-state index < -0.39 is 0 Å². The third kappa shape index (κ3) is 3.41. The van der Waals surface area contributed by atoms with Gasteiger partial charge in [-0.15, -0.1) is 0 Å². The number of halogens is 1. The maximum atomic E-state index is 12.7. The molecule has 1 fully saturated rings. The summed E-state index contributed by atoms with van der Waals surface area (Å²) < 4.78 is 8.50. The van der Waals surface area contributed by atoms with Crippen molar-refractivity contribution in [3.05, 3.63) is 29.8 Å². The van der Waals surface area contributed by atoms with Gasteiger partial charge in [-0.25, -0.2) is 9.97 Å². The molecule has 3 aromatic heterocycles. The summed E-state index contributed by atoms with van der Waals surface area (Å²) >= 11 is 7.33. The zero-order valence-electron chi connectivity index (χ0n) is 15.8. The fraction of sp³-hybridized carbons (Fsp3) is 0.316. The Balaban J connectivity index is 1.27. The first-order chi connectivity index (χ1) is 14.5. The largest absolute Gasteiger partial charge is 0.426 e. The summed E-state index contributed by atoms with van der Waals surface area (Å²) in [7, 11) is 0. The summed E-state index contributed by atoms with van der Waals surface area (Å²) in [6.45, 7) is 0. The molecule has 0 spiro atoms. The molecule has 0 saturated heterocycles. The van der Waals surface area contributed by atoms with Gasteiger partial charge in [-0.05, 0) is 49.4 Å². The molecule has 1 aromatic carbocycles. The highest BCUT2D eigenvalue weighted by Gasteiger charge is 2.30. The number of benzene rings is 1. The van der Waals surface area contributed by atoms with Gasteiger partial charge in [-0.3, -0.25) is 4.79 Å². The average Bonchev–Trinajstić information content (AvgIpc) is 3.30. The van der Waals surface area contributed by atoms with E-state index in [0.717, 1.165) is 23.1 Å². The molecule has 0 unspecified atom stereocenters. The summed E-state index contributed by atoms with van der Waals surface area (Å²) in [4.78, 5) is 29.4. The number of carbonyl (C=O) groups is 1. The number of fused-ring (bicyclic) bond motifs is 2. The zero-order chi connectivity index (χ0) is 20.8. The Labute approximate surface area is 180 Å². The van der Waals surface area contributed by atoms with E-state index in [2.05, 4.69) is 19.9 Å². The van der Waals surface area contributed by atoms with Gasteiger partial charge < -0.3 is 20.8 Å². The van der Waals surface area contributed by atoms with Gasteiger partial charge in [0.2, 0.25) is 5.28 Å². The van der Waals surface area contributed by atoms with Crippen LogP contribution in [0.2, 0.25) is 5.28 Å². The monoisotopic (exact) mass is 443 g/mol. The molecule has 30 heavy (non-hydrogen) atoms. The van der Waals surface area contributed by atoms with Crippen LogP contribution in [-0.4, -0.2) is 30.5 Å². The van der Waals surface area contributed by atoms with Crippen molar-refractivity contribution in [3.8, 4) is 5.75 Å². The van der Waals surface area contributed by atoms with Crippen LogP contribution in [0, 0.1) is 5.92 Å². The summed E-state index contributed by atoms with van der Waals surface area (Å²) in [5.74, 6) is 0.415. The van der Waals surface area contributed by atoms with Crippen LogP contribution in [-0.2, 0) is 4.79 Å². The maximum Gasteiger partial charge on any atom is 0.314 e. The lowest BCUT2D eigenvalue weighted by Crippen LogP contribution is -2.26. The Morgan fingerprint density at radius 2 is 1.97 bits per heavy atom. The lowest BCUT2D eigenvalue weighted by Gasteiger charge is -2.28. The summed E-state index contributed by atoms with van der Waals surface area (Å²) in [6.07, 6.45) is 4.75. The molecule has 5 rings (SSSR count). The molecule has 1 aliphatic carbocycles. The first-order valence-corrected chi connectivity index (χ1v) is 10.7. The highest BCUT2D eigenvalue weighted by atomic mass is 35.5. The number of rotatable bonds is 3. The molecular weight excluding hydrogens is 426 g/mol. The van der Waals surface area contributed by atoms with Gasteiger partial charge in [-0.1, -0.05) is 11.3 Å². The van der Waals surface area contributed by atoms with E-state index in [0.29, 0.717) is 34.9 Å². The fourth-order valence-electron chi connectivity index (χ4n) is 3.95. The molecule has 0 atom stereocenters. The van der Waals surface area contributed by atoms with E-state index >= 15 is 0 Å². The maximum absolute atomic E-state index is 12.7. The molecule has 9 nitrogen and oxygen atoms in total. The summed E-state index contributed by atoms with van der Waals surface area (Å²) in [5, 5.41) is 0.589. The first kappa shape index (κ1) is 19.0. The quantitative estimate of drug-likeness (QED) is 0.278. The number of ether oxygens (including phenoxy) is 1. The SMILES string of the molecule is Nc1nc2ccc(OC(=O)C3CCC(n4cnc5c(N)nc(Cl)nc54)CC3)cc2s1. The van der Waals surface area contributed by atoms with Crippen molar-refractivity contribution in [3.63, 3.8) is 0 Å². The Kier molecular flexibility index (Phi) is 4.67. The van der Waals surface area contributed by atoms with Crippen LogP contribution in [0.4, 0.5) is 10.9 Å². The molecule has 4 aromatic rings. The number of anilines is 2. The van der Waals surface area contributed by atoms with Crippen LogP contribution in [0.25, 0.3) is 21.4 Å². The number of esters is 1. The number of thiazole rings is 1. The smallest absolute Gasteiger partial charge is 0.314 e. The molecule has 0 bridgehead atoms. The van der Waals surface area contributed by atoms with Crippen LogP contribution >= 0.6 is 22.9 Å². The van der Waals surface area contributed by atoms with Gasteiger partial charge in [0, 0.05) is 12.1 Å². The van der Waals surface area contributed by atoms with Crippen molar-refractivity contribution in [2.24, 2.45) is 5.92 Å². The average molecular weight is 444 g/mol. The van der Waals surface area contributed by atoms with Crippen molar-refractivity contribution >= 4 is 61.2 Å². The van der Waals surface area contributed by atoms with Crippen LogP contribution in [0.3, 0.4) is 0 Å². The Bertz CT molecular complexity index is 1260. The highest BCUT2D eigenvalue weighted by Crippen LogP contribution is 2.35. The van der Waals surface area contributed by atoms with E-state index in [1.807, 2.05) is 10.6 Å². The number of nitrogens with zero attached hydrogens (tertiary/aromatic N) is 5. The van der Waals surface area contributed by atoms with Crippen molar-refractivity contribution in [1.29, 1.82) is 0 Å². The van der Waals surface area contributed by atoms with Crippen molar-refractivity contribution in [1.82, 2.24) is 24.5 Å². The van der Waals surface area contributed by atoms with Crippen LogP contribution in [0.1, 0.15) is 31.7 Å². The van der Waals surface area contributed by atoms with Gasteiger partial charge in [0.05, 0.1) is 22.5 Å². The molecule has 11 heteroatoms. The number of hydrogen-bond acceptors (Lipinski definition) is 9. The minimum atomic E-state index is -0.213. The Morgan fingerprint density at radius 1 is 1.17 bits per heavy atom. The molecule has 154 valence electrons. The summed E-state index contributed by atoms with van der Waals surface area (Å²) in [5.41, 5.74) is 13.6. The Hall–Kier alpha value is -2.98. The molecule has 0 radical (unpaired) electrons. The minimum absolute atomic E-state index is 0.0960. The second-order valence-electron chi connectivity index (χ2n) is 7.31. The molecule has 0 amide bonds.